The van der Waals surface area contributed by atoms with Crippen LogP contribution in [0.5, 0.6) is 0 Å². The lowest BCUT2D eigenvalue weighted by molar-refractivity contribution is -0.384. The van der Waals surface area contributed by atoms with Crippen molar-refractivity contribution in [2.75, 3.05) is 23.0 Å². The van der Waals surface area contributed by atoms with Crippen molar-refractivity contribution in [3.63, 3.8) is 0 Å². The van der Waals surface area contributed by atoms with Gasteiger partial charge in [-0.3, -0.25) is 19.7 Å². The van der Waals surface area contributed by atoms with E-state index in [1.807, 2.05) is 7.05 Å². The van der Waals surface area contributed by atoms with Crippen molar-refractivity contribution in [2.24, 2.45) is 7.05 Å². The van der Waals surface area contributed by atoms with Crippen molar-refractivity contribution in [2.45, 2.75) is 12.1 Å². The molecular weight excluding hydrogens is 462 g/mol. The number of nitrogens with zero attached hydrogens (tertiary/aromatic N) is 3. The highest BCUT2D eigenvalue weighted by Gasteiger charge is 2.20. The Morgan fingerprint density at radius 1 is 1.12 bits per heavy atom. The van der Waals surface area contributed by atoms with E-state index >= 15 is 0 Å². The van der Waals surface area contributed by atoms with E-state index in [1.54, 1.807) is 42.1 Å². The standard InChI is InChI=1S/C22H21N5O6S/c1-14-6-5-9-17(27(31)32)20(14)25-18(28)12-33-21(30)15-7-3-4-8-16(15)24-19(29)13-34-22-23-10-11-26(22)2/h3-11H,12-13H2,1-2H3,(H,24,29)(H,25,28). The monoisotopic (exact) mass is 483 g/mol. The number of nitro benzene ring substituents is 1. The summed E-state index contributed by atoms with van der Waals surface area (Å²) in [6, 6.07) is 10.6. The molecule has 0 saturated heterocycles. The highest BCUT2D eigenvalue weighted by Crippen LogP contribution is 2.27. The molecule has 1 heterocycles. The van der Waals surface area contributed by atoms with Gasteiger partial charge in [-0.05, 0) is 24.6 Å². The van der Waals surface area contributed by atoms with E-state index in [1.165, 1.54) is 36.0 Å². The van der Waals surface area contributed by atoms with Crippen LogP contribution in [-0.4, -0.2) is 44.6 Å². The van der Waals surface area contributed by atoms with Crippen LogP contribution in [0.4, 0.5) is 17.1 Å². The van der Waals surface area contributed by atoms with E-state index in [0.29, 0.717) is 10.7 Å². The number of amides is 2. The minimum atomic E-state index is -0.831. The van der Waals surface area contributed by atoms with Crippen LogP contribution in [0.3, 0.4) is 0 Å². The van der Waals surface area contributed by atoms with Crippen LogP contribution in [0.15, 0.2) is 60.0 Å². The third-order valence-corrected chi connectivity index (χ3v) is 5.63. The maximum absolute atomic E-state index is 12.6. The predicted octanol–water partition coefficient (Wildman–Crippen LogP) is 3.16. The number of anilines is 2. The maximum Gasteiger partial charge on any atom is 0.340 e. The Morgan fingerprint density at radius 2 is 1.88 bits per heavy atom. The first-order valence-corrected chi connectivity index (χ1v) is 10.9. The molecule has 0 aliphatic rings. The van der Waals surface area contributed by atoms with Gasteiger partial charge >= 0.3 is 5.97 Å². The molecule has 11 nitrogen and oxygen atoms in total. The van der Waals surface area contributed by atoms with Crippen LogP contribution in [-0.2, 0) is 21.4 Å². The molecule has 3 rings (SSSR count). The van der Waals surface area contributed by atoms with Crippen molar-refractivity contribution >= 4 is 46.6 Å². The molecule has 0 fully saturated rings. The predicted molar refractivity (Wildman–Crippen MR) is 126 cm³/mol. The number of ether oxygens (including phenoxy) is 1. The Labute approximate surface area is 198 Å². The molecule has 0 aliphatic carbocycles. The van der Waals surface area contributed by atoms with Crippen LogP contribution in [0.1, 0.15) is 15.9 Å². The number of benzene rings is 2. The molecule has 34 heavy (non-hydrogen) atoms. The molecule has 12 heteroatoms. The minimum Gasteiger partial charge on any atom is -0.452 e. The summed E-state index contributed by atoms with van der Waals surface area (Å²) in [4.78, 5) is 51.9. The number of esters is 1. The van der Waals surface area contributed by atoms with E-state index in [0.717, 1.165) is 0 Å². The highest BCUT2D eigenvalue weighted by atomic mass is 32.2. The average molecular weight is 484 g/mol. The van der Waals surface area contributed by atoms with Gasteiger partial charge in [0.15, 0.2) is 11.8 Å². The zero-order valence-electron chi connectivity index (χ0n) is 18.3. The summed E-state index contributed by atoms with van der Waals surface area (Å²) in [7, 11) is 1.81. The van der Waals surface area contributed by atoms with Crippen LogP contribution in [0.2, 0.25) is 0 Å². The number of rotatable bonds is 9. The molecule has 1 aromatic heterocycles. The lowest BCUT2D eigenvalue weighted by Crippen LogP contribution is -2.23. The van der Waals surface area contributed by atoms with Gasteiger partial charge < -0.3 is 19.9 Å². The molecular formula is C22H21N5O6S. The first kappa shape index (κ1) is 24.5. The van der Waals surface area contributed by atoms with Gasteiger partial charge in [0.2, 0.25) is 5.91 Å². The number of hydrogen-bond donors (Lipinski definition) is 2. The Morgan fingerprint density at radius 3 is 2.59 bits per heavy atom. The Kier molecular flexibility index (Phi) is 7.98. The second-order valence-corrected chi connectivity index (χ2v) is 8.00. The second kappa shape index (κ2) is 11.1. The summed E-state index contributed by atoms with van der Waals surface area (Å²) < 4.78 is 6.85. The number of imidazole rings is 1. The van der Waals surface area contributed by atoms with Crippen LogP contribution < -0.4 is 10.6 Å². The van der Waals surface area contributed by atoms with Gasteiger partial charge in [-0.2, -0.15) is 0 Å². The topological polar surface area (TPSA) is 145 Å². The molecule has 176 valence electrons. The van der Waals surface area contributed by atoms with Crippen molar-refractivity contribution in [3.8, 4) is 0 Å². The third-order valence-electron chi connectivity index (χ3n) is 4.58. The first-order valence-electron chi connectivity index (χ1n) is 9.96. The number of carbonyl (C=O) groups is 3. The van der Waals surface area contributed by atoms with Gasteiger partial charge in [0.25, 0.3) is 11.6 Å². The average Bonchev–Trinajstić information content (AvgIpc) is 3.22. The molecule has 0 radical (unpaired) electrons. The van der Waals surface area contributed by atoms with Gasteiger partial charge in [0, 0.05) is 25.5 Å². The molecule has 0 bridgehead atoms. The number of nitrogens with one attached hydrogen (secondary N) is 2. The second-order valence-electron chi connectivity index (χ2n) is 7.05. The Bertz CT molecular complexity index is 1240. The van der Waals surface area contributed by atoms with Crippen LogP contribution in [0, 0.1) is 17.0 Å². The number of hydrogen-bond acceptors (Lipinski definition) is 8. The Hall–Kier alpha value is -4.19. The fraction of sp³-hybridized carbons (Fsp3) is 0.182. The molecule has 3 aromatic rings. The summed E-state index contributed by atoms with van der Waals surface area (Å²) >= 11 is 1.24. The minimum absolute atomic E-state index is 0.0337. The molecule has 0 saturated carbocycles. The third kappa shape index (κ3) is 6.19. The van der Waals surface area contributed by atoms with Crippen molar-refractivity contribution in [1.29, 1.82) is 0 Å². The summed E-state index contributed by atoms with van der Waals surface area (Å²) in [5.74, 6) is -1.84. The number of aryl methyl sites for hydroxylation is 2. The van der Waals surface area contributed by atoms with Gasteiger partial charge in [-0.25, -0.2) is 9.78 Å². The van der Waals surface area contributed by atoms with Gasteiger partial charge in [-0.15, -0.1) is 0 Å². The number of aromatic nitrogens is 2. The fourth-order valence-electron chi connectivity index (χ4n) is 2.93. The van der Waals surface area contributed by atoms with Crippen molar-refractivity contribution in [3.05, 3.63) is 76.1 Å². The molecule has 0 spiro atoms. The van der Waals surface area contributed by atoms with Gasteiger partial charge in [0.05, 0.1) is 21.9 Å². The maximum atomic E-state index is 12.6. The quantitative estimate of drug-likeness (QED) is 0.204. The SMILES string of the molecule is Cc1cccc([N+](=O)[O-])c1NC(=O)COC(=O)c1ccccc1NC(=O)CSc1nccn1C. The molecule has 0 atom stereocenters. The summed E-state index contributed by atoms with van der Waals surface area (Å²) in [5.41, 5.74) is 0.549. The summed E-state index contributed by atoms with van der Waals surface area (Å²) in [5, 5.41) is 16.9. The van der Waals surface area contributed by atoms with E-state index < -0.39 is 23.4 Å². The summed E-state index contributed by atoms with van der Waals surface area (Å²) in [6.07, 6.45) is 3.39. The zero-order valence-corrected chi connectivity index (χ0v) is 19.1. The number of para-hydroxylation sites is 2. The van der Waals surface area contributed by atoms with E-state index in [9.17, 15) is 24.5 Å². The van der Waals surface area contributed by atoms with Crippen LogP contribution in [0.25, 0.3) is 0 Å². The van der Waals surface area contributed by atoms with Crippen molar-refractivity contribution < 1.29 is 24.0 Å². The van der Waals surface area contributed by atoms with E-state index in [4.69, 9.17) is 4.74 Å². The number of carbonyl (C=O) groups excluding carboxylic acids is 3. The first-order chi connectivity index (χ1) is 16.3. The van der Waals surface area contributed by atoms with E-state index in [2.05, 4.69) is 15.6 Å². The van der Waals surface area contributed by atoms with Crippen LogP contribution >= 0.6 is 11.8 Å². The van der Waals surface area contributed by atoms with Gasteiger partial charge in [0.1, 0.15) is 5.69 Å². The molecule has 2 aromatic carbocycles. The highest BCUT2D eigenvalue weighted by molar-refractivity contribution is 7.99. The summed E-state index contributed by atoms with van der Waals surface area (Å²) in [6.45, 7) is 0.946. The lowest BCUT2D eigenvalue weighted by atomic mass is 10.1. The number of thioether (sulfide) groups is 1. The fourth-order valence-corrected chi connectivity index (χ4v) is 3.66. The molecule has 2 N–H and O–H groups in total. The molecule has 0 aliphatic heterocycles. The zero-order chi connectivity index (χ0) is 24.7. The normalized spacial score (nSPS) is 10.4. The van der Waals surface area contributed by atoms with Gasteiger partial charge in [-0.1, -0.05) is 36.0 Å². The Balaban J connectivity index is 1.59. The molecule has 2 amide bonds. The number of nitro groups is 1. The lowest BCUT2D eigenvalue weighted by Gasteiger charge is -2.12. The van der Waals surface area contributed by atoms with Crippen molar-refractivity contribution in [1.82, 2.24) is 9.55 Å². The smallest absolute Gasteiger partial charge is 0.340 e. The molecule has 0 unspecified atom stereocenters. The van der Waals surface area contributed by atoms with E-state index in [-0.39, 0.29) is 34.3 Å². The largest absolute Gasteiger partial charge is 0.452 e.